The van der Waals surface area contributed by atoms with Gasteiger partial charge in [0.25, 0.3) is 0 Å². The summed E-state index contributed by atoms with van der Waals surface area (Å²) in [5.41, 5.74) is 0.655. The Morgan fingerprint density at radius 3 is 2.83 bits per heavy atom. The second kappa shape index (κ2) is 6.54. The number of nitrogens with zero attached hydrogens (tertiary/aromatic N) is 3. The summed E-state index contributed by atoms with van der Waals surface area (Å²) < 4.78 is 5.52. The molecule has 1 aromatic heterocycles. The molecule has 0 aliphatic carbocycles. The van der Waals surface area contributed by atoms with Gasteiger partial charge in [-0.1, -0.05) is 0 Å². The summed E-state index contributed by atoms with van der Waals surface area (Å²) in [5.74, 6) is 0.485. The maximum absolute atomic E-state index is 12.2. The fourth-order valence-corrected chi connectivity index (χ4v) is 2.96. The van der Waals surface area contributed by atoms with E-state index in [4.69, 9.17) is 4.74 Å². The van der Waals surface area contributed by atoms with Crippen molar-refractivity contribution < 1.29 is 14.3 Å². The normalized spacial score (nSPS) is 24.9. The van der Waals surface area contributed by atoms with Crippen molar-refractivity contribution in [3.63, 3.8) is 0 Å². The maximum Gasteiger partial charge on any atom is 0.229 e. The first-order chi connectivity index (χ1) is 11.0. The van der Waals surface area contributed by atoms with Gasteiger partial charge in [-0.05, 0) is 19.1 Å². The number of morpholine rings is 1. The van der Waals surface area contributed by atoms with Crippen molar-refractivity contribution in [2.45, 2.75) is 19.4 Å². The van der Waals surface area contributed by atoms with Crippen molar-refractivity contribution in [1.29, 1.82) is 0 Å². The lowest BCUT2D eigenvalue weighted by molar-refractivity contribution is -0.127. The third-order valence-electron chi connectivity index (χ3n) is 4.29. The number of pyridine rings is 1. The summed E-state index contributed by atoms with van der Waals surface area (Å²) in [7, 11) is 1.72. The number of rotatable bonds is 3. The molecular weight excluding hydrogens is 296 g/mol. The highest BCUT2D eigenvalue weighted by Gasteiger charge is 2.32. The summed E-state index contributed by atoms with van der Waals surface area (Å²) >= 11 is 0. The average molecular weight is 318 g/mol. The number of hydrogen-bond donors (Lipinski definition) is 1. The van der Waals surface area contributed by atoms with E-state index >= 15 is 0 Å². The smallest absolute Gasteiger partial charge is 0.229 e. The topological polar surface area (TPSA) is 74.8 Å². The van der Waals surface area contributed by atoms with Gasteiger partial charge in [0.15, 0.2) is 0 Å². The van der Waals surface area contributed by atoms with Crippen molar-refractivity contribution in [1.82, 2.24) is 9.88 Å². The molecule has 0 saturated carbocycles. The van der Waals surface area contributed by atoms with Gasteiger partial charge >= 0.3 is 0 Å². The minimum absolute atomic E-state index is 0.0139. The van der Waals surface area contributed by atoms with Crippen LogP contribution >= 0.6 is 0 Å². The van der Waals surface area contributed by atoms with E-state index in [-0.39, 0.29) is 30.3 Å². The van der Waals surface area contributed by atoms with Gasteiger partial charge in [0, 0.05) is 33.1 Å². The third kappa shape index (κ3) is 3.61. The van der Waals surface area contributed by atoms with E-state index in [1.807, 2.05) is 19.1 Å². The average Bonchev–Trinajstić information content (AvgIpc) is 2.88. The van der Waals surface area contributed by atoms with Gasteiger partial charge in [-0.2, -0.15) is 0 Å². The van der Waals surface area contributed by atoms with E-state index in [0.717, 1.165) is 18.9 Å². The summed E-state index contributed by atoms with van der Waals surface area (Å²) in [6.45, 7) is 4.85. The lowest BCUT2D eigenvalue weighted by Gasteiger charge is -2.32. The molecule has 2 unspecified atom stereocenters. The third-order valence-corrected chi connectivity index (χ3v) is 4.29. The molecule has 2 aliphatic rings. The monoisotopic (exact) mass is 318 g/mol. The molecule has 0 spiro atoms. The van der Waals surface area contributed by atoms with Crippen molar-refractivity contribution in [3.8, 4) is 0 Å². The van der Waals surface area contributed by atoms with Gasteiger partial charge in [-0.25, -0.2) is 4.98 Å². The molecule has 3 rings (SSSR count). The molecular formula is C16H22N4O3. The number of aromatic nitrogens is 1. The van der Waals surface area contributed by atoms with Crippen LogP contribution in [0.15, 0.2) is 18.3 Å². The summed E-state index contributed by atoms with van der Waals surface area (Å²) in [6, 6.07) is 3.75. The molecule has 1 N–H and O–H groups in total. The Labute approximate surface area is 135 Å². The van der Waals surface area contributed by atoms with Crippen LogP contribution in [0.3, 0.4) is 0 Å². The van der Waals surface area contributed by atoms with E-state index in [0.29, 0.717) is 18.8 Å². The van der Waals surface area contributed by atoms with Crippen LogP contribution in [-0.2, 0) is 14.3 Å². The predicted octanol–water partition coefficient (Wildman–Crippen LogP) is 0.723. The highest BCUT2D eigenvalue weighted by atomic mass is 16.5. The second-order valence-electron chi connectivity index (χ2n) is 6.20. The van der Waals surface area contributed by atoms with Crippen LogP contribution in [0.4, 0.5) is 11.5 Å². The van der Waals surface area contributed by atoms with Crippen LogP contribution in [0.25, 0.3) is 0 Å². The molecule has 2 atom stereocenters. The first-order valence-corrected chi connectivity index (χ1v) is 7.90. The van der Waals surface area contributed by atoms with Crippen LogP contribution < -0.4 is 10.2 Å². The molecule has 124 valence electrons. The number of carbonyl (C=O) groups excluding carboxylic acids is 2. The van der Waals surface area contributed by atoms with Gasteiger partial charge in [0.1, 0.15) is 5.82 Å². The molecule has 2 aliphatic heterocycles. The predicted molar refractivity (Wildman–Crippen MR) is 86.2 cm³/mol. The van der Waals surface area contributed by atoms with Gasteiger partial charge in [-0.3, -0.25) is 9.59 Å². The minimum Gasteiger partial charge on any atom is -0.375 e. The number of nitrogens with one attached hydrogen (secondary N) is 1. The Bertz CT molecular complexity index is 589. The van der Waals surface area contributed by atoms with E-state index in [9.17, 15) is 9.59 Å². The molecule has 2 fully saturated rings. The fourth-order valence-electron chi connectivity index (χ4n) is 2.96. The zero-order chi connectivity index (χ0) is 16.4. The molecule has 0 bridgehead atoms. The van der Waals surface area contributed by atoms with Gasteiger partial charge in [0.05, 0.1) is 30.5 Å². The molecule has 7 heteroatoms. The second-order valence-corrected chi connectivity index (χ2v) is 6.20. The highest BCUT2D eigenvalue weighted by molar-refractivity contribution is 5.97. The summed E-state index contributed by atoms with van der Waals surface area (Å²) in [6.07, 6.45) is 2.13. The van der Waals surface area contributed by atoms with Gasteiger partial charge in [-0.15, -0.1) is 0 Å². The number of carbonyl (C=O) groups is 2. The highest BCUT2D eigenvalue weighted by Crippen LogP contribution is 2.20. The number of ether oxygens (including phenoxy) is 1. The van der Waals surface area contributed by atoms with Crippen molar-refractivity contribution in [3.05, 3.63) is 18.3 Å². The van der Waals surface area contributed by atoms with Crippen LogP contribution in [-0.4, -0.2) is 61.1 Å². The summed E-state index contributed by atoms with van der Waals surface area (Å²) in [5, 5.41) is 2.84. The molecule has 1 aromatic rings. The molecule has 2 amide bonds. The standard InChI is InChI=1S/C16H22N4O3/c1-11-9-20(5-6-23-11)14-4-3-13(8-17-14)18-16(22)12-7-15(21)19(2)10-12/h3-4,8,11-12H,5-7,9-10H2,1-2H3,(H,18,22). The number of hydrogen-bond acceptors (Lipinski definition) is 5. The zero-order valence-corrected chi connectivity index (χ0v) is 13.5. The molecule has 3 heterocycles. The van der Waals surface area contributed by atoms with E-state index in [1.165, 1.54) is 0 Å². The van der Waals surface area contributed by atoms with Crippen LogP contribution in [0.2, 0.25) is 0 Å². The van der Waals surface area contributed by atoms with E-state index < -0.39 is 0 Å². The van der Waals surface area contributed by atoms with Crippen molar-refractivity contribution in [2.75, 3.05) is 43.5 Å². The largest absolute Gasteiger partial charge is 0.375 e. The number of anilines is 2. The van der Waals surface area contributed by atoms with Gasteiger partial charge < -0.3 is 19.9 Å². The fraction of sp³-hybridized carbons (Fsp3) is 0.562. The Balaban J connectivity index is 1.59. The van der Waals surface area contributed by atoms with Crippen LogP contribution in [0, 0.1) is 5.92 Å². The Hall–Kier alpha value is -2.15. The maximum atomic E-state index is 12.2. The lowest BCUT2D eigenvalue weighted by Crippen LogP contribution is -2.41. The molecule has 0 aromatic carbocycles. The first-order valence-electron chi connectivity index (χ1n) is 7.90. The van der Waals surface area contributed by atoms with Crippen molar-refractivity contribution in [2.24, 2.45) is 5.92 Å². The summed E-state index contributed by atoms with van der Waals surface area (Å²) in [4.78, 5) is 31.9. The van der Waals surface area contributed by atoms with Crippen LogP contribution in [0.5, 0.6) is 0 Å². The molecule has 2 saturated heterocycles. The Kier molecular flexibility index (Phi) is 4.47. The Morgan fingerprint density at radius 2 is 2.22 bits per heavy atom. The zero-order valence-electron chi connectivity index (χ0n) is 13.5. The van der Waals surface area contributed by atoms with Crippen LogP contribution in [0.1, 0.15) is 13.3 Å². The van der Waals surface area contributed by atoms with E-state index in [2.05, 4.69) is 15.2 Å². The molecule has 0 radical (unpaired) electrons. The van der Waals surface area contributed by atoms with E-state index in [1.54, 1.807) is 18.1 Å². The van der Waals surface area contributed by atoms with Crippen molar-refractivity contribution >= 4 is 23.3 Å². The number of amides is 2. The first kappa shape index (κ1) is 15.7. The molecule has 7 nitrogen and oxygen atoms in total. The minimum atomic E-state index is -0.285. The Morgan fingerprint density at radius 1 is 1.39 bits per heavy atom. The quantitative estimate of drug-likeness (QED) is 0.889. The molecule has 23 heavy (non-hydrogen) atoms. The SMILES string of the molecule is CC1CN(c2ccc(NC(=O)C3CC(=O)N(C)C3)cn2)CCO1. The van der Waals surface area contributed by atoms with Gasteiger partial charge in [0.2, 0.25) is 11.8 Å². The lowest BCUT2D eigenvalue weighted by atomic mass is 10.1. The number of likely N-dealkylation sites (tertiary alicyclic amines) is 1.